The first-order valence-corrected chi connectivity index (χ1v) is 8.77. The van der Waals surface area contributed by atoms with Crippen LogP contribution >= 0.6 is 0 Å². The minimum atomic E-state index is -0.595. The summed E-state index contributed by atoms with van der Waals surface area (Å²) in [6, 6.07) is 12.3. The Labute approximate surface area is 171 Å². The Kier molecular flexibility index (Phi) is 6.21. The van der Waals surface area contributed by atoms with Gasteiger partial charge in [0.2, 0.25) is 5.75 Å². The quantitative estimate of drug-likeness (QED) is 0.306. The molecular weight excluding hydrogens is 394 g/mol. The number of benzene rings is 2. The third-order valence-corrected chi connectivity index (χ3v) is 4.27. The van der Waals surface area contributed by atoms with E-state index in [4.69, 9.17) is 23.4 Å². The zero-order chi connectivity index (χ0) is 21.7. The van der Waals surface area contributed by atoms with Gasteiger partial charge >= 0.3 is 5.97 Å². The number of hydrogen-bond acceptors (Lipinski definition) is 8. The molecule has 30 heavy (non-hydrogen) atoms. The first kappa shape index (κ1) is 20.7. The van der Waals surface area contributed by atoms with Crippen molar-refractivity contribution >= 4 is 11.7 Å². The summed E-state index contributed by atoms with van der Waals surface area (Å²) in [7, 11) is 4.38. The molecule has 1 heterocycles. The molecule has 0 aliphatic heterocycles. The number of carbonyl (C=O) groups excluding carboxylic acids is 1. The first-order chi connectivity index (χ1) is 14.5. The molecule has 0 unspecified atom stereocenters. The van der Waals surface area contributed by atoms with Crippen LogP contribution in [0.2, 0.25) is 0 Å². The second kappa shape index (κ2) is 8.99. The van der Waals surface area contributed by atoms with Gasteiger partial charge in [0.1, 0.15) is 18.1 Å². The van der Waals surface area contributed by atoms with E-state index in [9.17, 15) is 14.9 Å². The van der Waals surface area contributed by atoms with Crippen molar-refractivity contribution in [1.29, 1.82) is 0 Å². The van der Waals surface area contributed by atoms with Crippen LogP contribution < -0.4 is 14.2 Å². The number of ether oxygens (including phenoxy) is 4. The third kappa shape index (κ3) is 4.35. The van der Waals surface area contributed by atoms with Crippen molar-refractivity contribution < 1.29 is 33.1 Å². The zero-order valence-electron chi connectivity index (χ0n) is 16.5. The Balaban J connectivity index is 1.70. The summed E-state index contributed by atoms with van der Waals surface area (Å²) < 4.78 is 26.7. The highest BCUT2D eigenvalue weighted by Crippen LogP contribution is 2.38. The van der Waals surface area contributed by atoms with Crippen LogP contribution in [0.4, 0.5) is 5.69 Å². The van der Waals surface area contributed by atoms with Gasteiger partial charge in [0.05, 0.1) is 31.8 Å². The maximum atomic E-state index is 12.5. The van der Waals surface area contributed by atoms with E-state index in [0.29, 0.717) is 34.3 Å². The average Bonchev–Trinajstić information content (AvgIpc) is 3.25. The van der Waals surface area contributed by atoms with E-state index in [2.05, 4.69) is 0 Å². The van der Waals surface area contributed by atoms with Gasteiger partial charge in [0, 0.05) is 17.7 Å². The largest absolute Gasteiger partial charge is 0.493 e. The fourth-order valence-corrected chi connectivity index (χ4v) is 2.78. The molecule has 0 N–H and O–H groups in total. The second-order valence-corrected chi connectivity index (χ2v) is 6.06. The van der Waals surface area contributed by atoms with Crippen LogP contribution in [-0.2, 0) is 11.3 Å². The molecule has 0 spiro atoms. The number of nitrogens with zero attached hydrogens (tertiary/aromatic N) is 1. The first-order valence-electron chi connectivity index (χ1n) is 8.77. The molecule has 3 aromatic rings. The predicted molar refractivity (Wildman–Crippen MR) is 106 cm³/mol. The molecule has 9 heteroatoms. The lowest BCUT2D eigenvalue weighted by Crippen LogP contribution is -2.06. The average molecular weight is 413 g/mol. The summed E-state index contributed by atoms with van der Waals surface area (Å²) in [5.41, 5.74) is 0.888. The minimum Gasteiger partial charge on any atom is -0.493 e. The summed E-state index contributed by atoms with van der Waals surface area (Å²) in [6.07, 6.45) is 0. The highest BCUT2D eigenvalue weighted by atomic mass is 16.6. The van der Waals surface area contributed by atoms with Gasteiger partial charge in [-0.3, -0.25) is 10.1 Å². The number of methoxy groups -OCH3 is 3. The van der Waals surface area contributed by atoms with E-state index in [1.54, 1.807) is 24.3 Å². The molecule has 0 fully saturated rings. The van der Waals surface area contributed by atoms with Crippen molar-refractivity contribution in [2.75, 3.05) is 21.3 Å². The predicted octanol–water partition coefficient (Wildman–Crippen LogP) is 4.24. The van der Waals surface area contributed by atoms with Gasteiger partial charge in [0.25, 0.3) is 5.69 Å². The second-order valence-electron chi connectivity index (χ2n) is 6.06. The summed E-state index contributed by atoms with van der Waals surface area (Å²) in [4.78, 5) is 22.7. The summed E-state index contributed by atoms with van der Waals surface area (Å²) in [6.45, 7) is -0.0948. The highest BCUT2D eigenvalue weighted by molar-refractivity contribution is 5.91. The fraction of sp³-hybridized carbons (Fsp3) is 0.190. The maximum absolute atomic E-state index is 12.5. The van der Waals surface area contributed by atoms with Crippen LogP contribution in [0.25, 0.3) is 11.3 Å². The van der Waals surface area contributed by atoms with Crippen molar-refractivity contribution in [3.8, 4) is 28.6 Å². The highest BCUT2D eigenvalue weighted by Gasteiger charge is 2.18. The number of rotatable bonds is 8. The molecule has 156 valence electrons. The summed E-state index contributed by atoms with van der Waals surface area (Å²) in [5.74, 6) is 1.37. The number of nitro groups is 1. The van der Waals surface area contributed by atoms with Gasteiger partial charge in [-0.1, -0.05) is 0 Å². The SMILES string of the molecule is COc1cc(C(=O)OCc2ccc(-c3ccc([N+](=O)[O-])cc3)o2)cc(OC)c1OC. The number of carbonyl (C=O) groups is 1. The monoisotopic (exact) mass is 413 g/mol. The summed E-state index contributed by atoms with van der Waals surface area (Å²) in [5, 5.41) is 10.7. The van der Waals surface area contributed by atoms with Gasteiger partial charge in [-0.2, -0.15) is 0 Å². The van der Waals surface area contributed by atoms with Gasteiger partial charge in [-0.15, -0.1) is 0 Å². The van der Waals surface area contributed by atoms with Crippen LogP contribution in [0, 0.1) is 10.1 Å². The van der Waals surface area contributed by atoms with Crippen molar-refractivity contribution in [3.05, 3.63) is 70.0 Å². The number of esters is 1. The smallest absolute Gasteiger partial charge is 0.338 e. The lowest BCUT2D eigenvalue weighted by Gasteiger charge is -2.13. The minimum absolute atomic E-state index is 0.00944. The topological polar surface area (TPSA) is 110 Å². The zero-order valence-corrected chi connectivity index (χ0v) is 16.5. The van der Waals surface area contributed by atoms with Crippen molar-refractivity contribution in [2.45, 2.75) is 6.61 Å². The van der Waals surface area contributed by atoms with Crippen molar-refractivity contribution in [1.82, 2.24) is 0 Å². The molecule has 0 amide bonds. The van der Waals surface area contributed by atoms with Crippen LogP contribution in [-0.4, -0.2) is 32.2 Å². The molecular formula is C21H19NO8. The Hall–Kier alpha value is -4.01. The van der Waals surface area contributed by atoms with E-state index in [1.807, 2.05) is 0 Å². The Morgan fingerprint density at radius 1 is 0.967 bits per heavy atom. The molecule has 9 nitrogen and oxygen atoms in total. The molecule has 0 radical (unpaired) electrons. The van der Waals surface area contributed by atoms with Crippen LogP contribution in [0.3, 0.4) is 0 Å². The lowest BCUT2D eigenvalue weighted by molar-refractivity contribution is -0.384. The van der Waals surface area contributed by atoms with Gasteiger partial charge < -0.3 is 23.4 Å². The van der Waals surface area contributed by atoms with Crippen LogP contribution in [0.15, 0.2) is 52.9 Å². The number of hydrogen-bond donors (Lipinski definition) is 0. The van der Waals surface area contributed by atoms with E-state index < -0.39 is 10.9 Å². The normalized spacial score (nSPS) is 10.4. The molecule has 0 bridgehead atoms. The number of nitro benzene ring substituents is 1. The lowest BCUT2D eigenvalue weighted by atomic mass is 10.1. The van der Waals surface area contributed by atoms with Crippen molar-refractivity contribution in [3.63, 3.8) is 0 Å². The Morgan fingerprint density at radius 2 is 1.60 bits per heavy atom. The molecule has 0 saturated heterocycles. The molecule has 1 aromatic heterocycles. The molecule has 2 aromatic carbocycles. The maximum Gasteiger partial charge on any atom is 0.338 e. The third-order valence-electron chi connectivity index (χ3n) is 4.27. The molecule has 3 rings (SSSR count). The molecule has 0 aliphatic rings. The summed E-state index contributed by atoms with van der Waals surface area (Å²) >= 11 is 0. The number of non-ortho nitro benzene ring substituents is 1. The Morgan fingerprint density at radius 3 is 2.13 bits per heavy atom. The standard InChI is InChI=1S/C21H19NO8/c1-26-18-10-14(11-19(27-2)20(18)28-3)21(23)29-12-16-8-9-17(30-16)13-4-6-15(7-5-13)22(24)25/h4-11H,12H2,1-3H3. The van der Waals surface area contributed by atoms with Crippen molar-refractivity contribution in [2.24, 2.45) is 0 Å². The van der Waals surface area contributed by atoms with Gasteiger partial charge in [-0.25, -0.2) is 4.79 Å². The van der Waals surface area contributed by atoms with Crippen LogP contribution in [0.5, 0.6) is 17.2 Å². The van der Waals surface area contributed by atoms with E-state index in [1.165, 1.54) is 45.6 Å². The van der Waals surface area contributed by atoms with E-state index in [0.717, 1.165) is 0 Å². The van der Waals surface area contributed by atoms with Gasteiger partial charge in [0.15, 0.2) is 11.5 Å². The molecule has 0 aliphatic carbocycles. The Bertz CT molecular complexity index is 1030. The number of furan rings is 1. The van der Waals surface area contributed by atoms with E-state index >= 15 is 0 Å². The fourth-order valence-electron chi connectivity index (χ4n) is 2.78. The van der Waals surface area contributed by atoms with E-state index in [-0.39, 0.29) is 17.9 Å². The molecule has 0 saturated carbocycles. The van der Waals surface area contributed by atoms with Gasteiger partial charge in [-0.05, 0) is 36.4 Å². The molecule has 0 atom stereocenters. The van der Waals surface area contributed by atoms with Crippen LogP contribution in [0.1, 0.15) is 16.1 Å².